The molecule has 1 heterocycles. The normalized spacial score (nSPS) is 39.0. The van der Waals surface area contributed by atoms with E-state index in [9.17, 15) is 9.59 Å². The molecule has 0 aromatic rings. The molecular formula is C22H34O5. The first-order valence-corrected chi connectivity index (χ1v) is 10.1. The Bertz CT molecular complexity index is 676. The lowest BCUT2D eigenvalue weighted by Crippen LogP contribution is -2.56. The van der Waals surface area contributed by atoms with Gasteiger partial charge >= 0.3 is 11.9 Å². The Kier molecular flexibility index (Phi) is 4.99. The van der Waals surface area contributed by atoms with Gasteiger partial charge in [0.15, 0.2) is 6.10 Å². The van der Waals surface area contributed by atoms with Crippen LogP contribution in [0, 0.1) is 22.7 Å². The van der Waals surface area contributed by atoms with Crippen molar-refractivity contribution in [2.24, 2.45) is 22.7 Å². The van der Waals surface area contributed by atoms with Crippen LogP contribution >= 0.6 is 0 Å². The highest BCUT2D eigenvalue weighted by atomic mass is 16.7. The highest BCUT2D eigenvalue weighted by Gasteiger charge is 2.77. The average Bonchev–Trinajstić information content (AvgIpc) is 3.34. The number of carbonyl (C=O) groups is 2. The Labute approximate surface area is 162 Å². The van der Waals surface area contributed by atoms with Crippen molar-refractivity contribution in [2.45, 2.75) is 78.4 Å². The quantitative estimate of drug-likeness (QED) is 0.421. The lowest BCUT2D eigenvalue weighted by Gasteiger charge is -2.57. The average molecular weight is 379 g/mol. The highest BCUT2D eigenvalue weighted by molar-refractivity contribution is 5.91. The lowest BCUT2D eigenvalue weighted by atomic mass is 9.46. The molecule has 5 heteroatoms. The number of ether oxygens (including phenoxy) is 3. The molecule has 3 aliphatic rings. The number of rotatable bonds is 3. The fourth-order valence-corrected chi connectivity index (χ4v) is 6.38. The van der Waals surface area contributed by atoms with Gasteiger partial charge in [-0.1, -0.05) is 41.0 Å². The molecule has 0 N–H and O–H groups in total. The van der Waals surface area contributed by atoms with Gasteiger partial charge in [-0.25, -0.2) is 9.59 Å². The van der Waals surface area contributed by atoms with Crippen molar-refractivity contribution in [3.05, 3.63) is 11.1 Å². The van der Waals surface area contributed by atoms with Gasteiger partial charge in [-0.15, -0.1) is 0 Å². The summed E-state index contributed by atoms with van der Waals surface area (Å²) in [6.45, 7) is 10.9. The topological polar surface area (TPSA) is 65.1 Å². The molecule has 5 nitrogen and oxygen atoms in total. The van der Waals surface area contributed by atoms with Crippen molar-refractivity contribution in [1.29, 1.82) is 0 Å². The van der Waals surface area contributed by atoms with Gasteiger partial charge in [0.25, 0.3) is 0 Å². The van der Waals surface area contributed by atoms with E-state index >= 15 is 0 Å². The van der Waals surface area contributed by atoms with Crippen LogP contribution in [0.4, 0.5) is 0 Å². The highest BCUT2D eigenvalue weighted by Crippen LogP contribution is 2.70. The summed E-state index contributed by atoms with van der Waals surface area (Å²) in [5.74, 6) is -0.215. The Morgan fingerprint density at radius 3 is 2.33 bits per heavy atom. The summed E-state index contributed by atoms with van der Waals surface area (Å²) in [6.07, 6.45) is 4.41. The Morgan fingerprint density at radius 1 is 1.11 bits per heavy atom. The molecule has 152 valence electrons. The van der Waals surface area contributed by atoms with E-state index in [1.54, 1.807) is 0 Å². The summed E-state index contributed by atoms with van der Waals surface area (Å²) < 4.78 is 16.4. The van der Waals surface area contributed by atoms with Gasteiger partial charge in [0.2, 0.25) is 0 Å². The first-order valence-electron chi connectivity index (χ1n) is 10.1. The molecule has 0 bridgehead atoms. The lowest BCUT2D eigenvalue weighted by molar-refractivity contribution is -0.142. The molecule has 2 saturated carbocycles. The van der Waals surface area contributed by atoms with E-state index in [2.05, 4.69) is 20.8 Å². The molecule has 1 aliphatic heterocycles. The van der Waals surface area contributed by atoms with E-state index in [4.69, 9.17) is 14.2 Å². The number of esters is 2. The van der Waals surface area contributed by atoms with E-state index in [0.29, 0.717) is 11.5 Å². The molecule has 0 aromatic heterocycles. The molecular weight excluding hydrogens is 344 g/mol. The monoisotopic (exact) mass is 378 g/mol. The largest absolute Gasteiger partial charge is 0.467 e. The van der Waals surface area contributed by atoms with E-state index in [0.717, 1.165) is 31.3 Å². The minimum Gasteiger partial charge on any atom is -0.467 e. The summed E-state index contributed by atoms with van der Waals surface area (Å²) in [7, 11) is 2.82. The summed E-state index contributed by atoms with van der Waals surface area (Å²) in [5, 5.41) is 0. The Morgan fingerprint density at radius 2 is 1.78 bits per heavy atom. The molecule has 4 atom stereocenters. The first kappa shape index (κ1) is 20.4. The minimum atomic E-state index is -0.742. The molecule has 3 rings (SSSR count). The Balaban J connectivity index is 2.20. The second-order valence-corrected chi connectivity index (χ2v) is 9.65. The van der Waals surface area contributed by atoms with Gasteiger partial charge in [0.1, 0.15) is 5.60 Å². The van der Waals surface area contributed by atoms with Crippen LogP contribution in [0.25, 0.3) is 0 Å². The fourth-order valence-electron chi connectivity index (χ4n) is 6.38. The van der Waals surface area contributed by atoms with Crippen molar-refractivity contribution in [2.75, 3.05) is 14.2 Å². The molecule has 1 saturated heterocycles. The van der Waals surface area contributed by atoms with Gasteiger partial charge in [-0.2, -0.15) is 0 Å². The SMILES string of the molecule is COC(=O)/C(=C1/CC[C@H]2C(C)(C)CCC[C@]2(C)C12OC2C(=O)OC)C(C)C. The maximum absolute atomic E-state index is 12.7. The van der Waals surface area contributed by atoms with Crippen LogP contribution in [0.5, 0.6) is 0 Å². The van der Waals surface area contributed by atoms with Gasteiger partial charge < -0.3 is 14.2 Å². The van der Waals surface area contributed by atoms with Crippen molar-refractivity contribution in [3.8, 4) is 0 Å². The summed E-state index contributed by atoms with van der Waals surface area (Å²) in [4.78, 5) is 25.2. The number of hydrogen-bond donors (Lipinski definition) is 0. The van der Waals surface area contributed by atoms with Crippen LogP contribution in [0.1, 0.15) is 66.7 Å². The van der Waals surface area contributed by atoms with Crippen LogP contribution in [0.15, 0.2) is 11.1 Å². The summed E-state index contributed by atoms with van der Waals surface area (Å²) >= 11 is 0. The minimum absolute atomic E-state index is 0.00331. The predicted molar refractivity (Wildman–Crippen MR) is 102 cm³/mol. The maximum Gasteiger partial charge on any atom is 0.338 e. The number of fused-ring (bicyclic) bond motifs is 2. The zero-order chi connectivity index (χ0) is 20.2. The van der Waals surface area contributed by atoms with Crippen molar-refractivity contribution in [3.63, 3.8) is 0 Å². The molecule has 1 spiro atoms. The van der Waals surface area contributed by atoms with Gasteiger partial charge in [-0.3, -0.25) is 0 Å². The second kappa shape index (κ2) is 6.61. The number of hydrogen-bond acceptors (Lipinski definition) is 5. The van der Waals surface area contributed by atoms with Gasteiger partial charge in [0, 0.05) is 11.0 Å². The first-order chi connectivity index (χ1) is 12.6. The Hall–Kier alpha value is -1.36. The maximum atomic E-state index is 12.7. The fraction of sp³-hybridized carbons (Fsp3) is 0.818. The van der Waals surface area contributed by atoms with Gasteiger partial charge in [0.05, 0.1) is 14.2 Å². The van der Waals surface area contributed by atoms with Crippen molar-refractivity contribution in [1.82, 2.24) is 0 Å². The molecule has 0 amide bonds. The van der Waals surface area contributed by atoms with Crippen molar-refractivity contribution >= 4 is 11.9 Å². The van der Waals surface area contributed by atoms with E-state index in [1.807, 2.05) is 13.8 Å². The van der Waals surface area contributed by atoms with Crippen LogP contribution in [-0.2, 0) is 23.8 Å². The zero-order valence-corrected chi connectivity index (χ0v) is 17.8. The van der Waals surface area contributed by atoms with Crippen LogP contribution in [0.2, 0.25) is 0 Å². The molecule has 27 heavy (non-hydrogen) atoms. The van der Waals surface area contributed by atoms with Gasteiger partial charge in [-0.05, 0) is 48.5 Å². The standard InChI is InChI=1S/C22H34O5/c1-13(2)16(18(23)25-6)14-9-10-15-20(3,4)11-8-12-21(15,5)22(14)17(27-22)19(24)26-7/h13,15,17H,8-12H2,1-7H3/b16-14-/t15-,17?,21-,22?/m0/s1. The van der Waals surface area contributed by atoms with Crippen LogP contribution < -0.4 is 0 Å². The third-order valence-corrected chi connectivity index (χ3v) is 7.55. The number of epoxide rings is 1. The summed E-state index contributed by atoms with van der Waals surface area (Å²) in [5.41, 5.74) is 0.883. The third-order valence-electron chi connectivity index (χ3n) is 7.55. The second-order valence-electron chi connectivity index (χ2n) is 9.65. The molecule has 2 unspecified atom stereocenters. The molecule has 0 aromatic carbocycles. The molecule has 2 aliphatic carbocycles. The molecule has 3 fully saturated rings. The van der Waals surface area contributed by atoms with E-state index < -0.39 is 11.7 Å². The van der Waals surface area contributed by atoms with Crippen LogP contribution in [0.3, 0.4) is 0 Å². The number of methoxy groups -OCH3 is 2. The predicted octanol–water partition coefficient (Wildman–Crippen LogP) is 4.05. The smallest absolute Gasteiger partial charge is 0.338 e. The van der Waals surface area contributed by atoms with E-state index in [-0.39, 0.29) is 28.7 Å². The summed E-state index contributed by atoms with van der Waals surface area (Å²) in [6, 6.07) is 0. The molecule has 0 radical (unpaired) electrons. The van der Waals surface area contributed by atoms with Crippen molar-refractivity contribution < 1.29 is 23.8 Å². The number of carbonyl (C=O) groups excluding carboxylic acids is 2. The zero-order valence-electron chi connectivity index (χ0n) is 17.8. The third kappa shape index (κ3) is 2.76. The van der Waals surface area contributed by atoms with Crippen LogP contribution in [-0.4, -0.2) is 37.9 Å². The van der Waals surface area contributed by atoms with E-state index in [1.165, 1.54) is 20.6 Å².